The van der Waals surface area contributed by atoms with Gasteiger partial charge in [-0.3, -0.25) is 0 Å². The van der Waals surface area contributed by atoms with Crippen LogP contribution in [0.3, 0.4) is 0 Å². The molecule has 1 atom stereocenters. The fourth-order valence-electron chi connectivity index (χ4n) is 4.44. The molecule has 0 saturated heterocycles. The molecule has 4 rings (SSSR count). The Bertz CT molecular complexity index is 956. The van der Waals surface area contributed by atoms with Gasteiger partial charge >= 0.3 is 5.97 Å². The topological polar surface area (TPSA) is 44.8 Å². The van der Waals surface area contributed by atoms with Crippen LogP contribution in [0.2, 0.25) is 0 Å². The predicted molar refractivity (Wildman–Crippen MR) is 113 cm³/mol. The van der Waals surface area contributed by atoms with Gasteiger partial charge in [0.2, 0.25) is 6.10 Å². The summed E-state index contributed by atoms with van der Waals surface area (Å²) in [5.74, 6) is 1.09. The third kappa shape index (κ3) is 3.52. The van der Waals surface area contributed by atoms with Crippen molar-refractivity contribution in [2.75, 3.05) is 13.7 Å². The van der Waals surface area contributed by atoms with Crippen molar-refractivity contribution in [3.63, 3.8) is 0 Å². The van der Waals surface area contributed by atoms with Crippen LogP contribution in [0.15, 0.2) is 37.1 Å². The van der Waals surface area contributed by atoms with Gasteiger partial charge in [0.05, 0.1) is 20.0 Å². The van der Waals surface area contributed by atoms with E-state index >= 15 is 0 Å². The SMILES string of the molecule is C=CO[C@H](C(=O)OC)c1c(C)ccc(C2CC2)c1-c1ccc2c(c1C)CCCO2. The van der Waals surface area contributed by atoms with Crippen LogP contribution in [-0.2, 0) is 20.7 Å². The lowest BCUT2D eigenvalue weighted by atomic mass is 9.83. The molecule has 0 amide bonds. The first-order valence-corrected chi connectivity index (χ1v) is 10.3. The van der Waals surface area contributed by atoms with Crippen LogP contribution < -0.4 is 4.74 Å². The summed E-state index contributed by atoms with van der Waals surface area (Å²) in [4.78, 5) is 12.6. The van der Waals surface area contributed by atoms with Crippen LogP contribution in [0, 0.1) is 13.8 Å². The summed E-state index contributed by atoms with van der Waals surface area (Å²) in [6.07, 6.45) is 4.87. The zero-order chi connectivity index (χ0) is 20.5. The molecule has 0 N–H and O–H groups in total. The fourth-order valence-corrected chi connectivity index (χ4v) is 4.44. The number of esters is 1. The average Bonchev–Trinajstić information content (AvgIpc) is 3.57. The zero-order valence-corrected chi connectivity index (χ0v) is 17.4. The van der Waals surface area contributed by atoms with E-state index in [0.717, 1.165) is 47.5 Å². The minimum atomic E-state index is -0.835. The fraction of sp³-hybridized carbons (Fsp3) is 0.400. The Kier molecular flexibility index (Phi) is 5.35. The van der Waals surface area contributed by atoms with E-state index in [9.17, 15) is 4.79 Å². The van der Waals surface area contributed by atoms with Crippen molar-refractivity contribution in [1.82, 2.24) is 0 Å². The van der Waals surface area contributed by atoms with E-state index in [0.29, 0.717) is 5.92 Å². The second-order valence-electron chi connectivity index (χ2n) is 7.91. The van der Waals surface area contributed by atoms with Crippen LogP contribution in [-0.4, -0.2) is 19.7 Å². The van der Waals surface area contributed by atoms with Crippen molar-refractivity contribution in [3.05, 3.63) is 64.9 Å². The Hall–Kier alpha value is -2.75. The number of hydrogen-bond acceptors (Lipinski definition) is 4. The van der Waals surface area contributed by atoms with Crippen LogP contribution in [0.1, 0.15) is 59.1 Å². The molecular weight excluding hydrogens is 364 g/mol. The smallest absolute Gasteiger partial charge is 0.351 e. The van der Waals surface area contributed by atoms with Crippen LogP contribution in [0.4, 0.5) is 0 Å². The van der Waals surface area contributed by atoms with Gasteiger partial charge in [-0.25, -0.2) is 4.79 Å². The van der Waals surface area contributed by atoms with E-state index in [2.05, 4.69) is 37.8 Å². The van der Waals surface area contributed by atoms with E-state index in [1.54, 1.807) is 0 Å². The maximum absolute atomic E-state index is 12.6. The molecule has 0 unspecified atom stereocenters. The second kappa shape index (κ2) is 7.94. The maximum atomic E-state index is 12.6. The third-order valence-corrected chi connectivity index (χ3v) is 6.08. The summed E-state index contributed by atoms with van der Waals surface area (Å²) in [6.45, 7) is 8.63. The van der Waals surface area contributed by atoms with Gasteiger partial charge in [0, 0.05) is 5.56 Å². The van der Waals surface area contributed by atoms with Crippen molar-refractivity contribution < 1.29 is 19.0 Å². The van der Waals surface area contributed by atoms with Gasteiger partial charge in [-0.15, -0.1) is 0 Å². The highest BCUT2D eigenvalue weighted by Gasteiger charge is 2.34. The van der Waals surface area contributed by atoms with E-state index in [-0.39, 0.29) is 0 Å². The molecule has 1 aliphatic heterocycles. The molecule has 1 saturated carbocycles. The zero-order valence-electron chi connectivity index (χ0n) is 17.4. The quantitative estimate of drug-likeness (QED) is 0.478. The van der Waals surface area contributed by atoms with Gasteiger partial charge in [-0.2, -0.15) is 0 Å². The van der Waals surface area contributed by atoms with Crippen molar-refractivity contribution in [1.29, 1.82) is 0 Å². The lowest BCUT2D eigenvalue weighted by molar-refractivity contribution is -0.151. The Morgan fingerprint density at radius 2 is 2.03 bits per heavy atom. The highest BCUT2D eigenvalue weighted by Crippen LogP contribution is 2.49. The summed E-state index contributed by atoms with van der Waals surface area (Å²) in [7, 11) is 1.39. The Balaban J connectivity index is 1.98. The molecule has 0 radical (unpaired) electrons. The second-order valence-corrected chi connectivity index (χ2v) is 7.91. The predicted octanol–water partition coefficient (Wildman–Crippen LogP) is 5.55. The summed E-state index contributed by atoms with van der Waals surface area (Å²) in [6, 6.07) is 8.50. The maximum Gasteiger partial charge on any atom is 0.351 e. The average molecular weight is 392 g/mol. The largest absolute Gasteiger partial charge is 0.493 e. The van der Waals surface area contributed by atoms with Crippen molar-refractivity contribution in [2.24, 2.45) is 0 Å². The molecule has 0 spiro atoms. The lowest BCUT2D eigenvalue weighted by Gasteiger charge is -2.26. The van der Waals surface area contributed by atoms with Crippen LogP contribution >= 0.6 is 0 Å². The number of aryl methyl sites for hydroxylation is 1. The molecule has 4 nitrogen and oxygen atoms in total. The van der Waals surface area contributed by atoms with Crippen LogP contribution in [0.25, 0.3) is 11.1 Å². The third-order valence-electron chi connectivity index (χ3n) is 6.08. The van der Waals surface area contributed by atoms with E-state index in [4.69, 9.17) is 14.2 Å². The van der Waals surface area contributed by atoms with Crippen LogP contribution in [0.5, 0.6) is 5.75 Å². The van der Waals surface area contributed by atoms with E-state index in [1.807, 2.05) is 6.92 Å². The molecule has 2 aliphatic rings. The normalized spacial score (nSPS) is 16.4. The molecule has 0 bridgehead atoms. The molecule has 2 aromatic carbocycles. The molecule has 152 valence electrons. The number of ether oxygens (including phenoxy) is 3. The Morgan fingerprint density at radius 3 is 2.72 bits per heavy atom. The minimum absolute atomic E-state index is 0.416. The summed E-state index contributed by atoms with van der Waals surface area (Å²) >= 11 is 0. The van der Waals surface area contributed by atoms with Gasteiger partial charge in [0.15, 0.2) is 0 Å². The van der Waals surface area contributed by atoms with Crippen molar-refractivity contribution in [2.45, 2.75) is 51.6 Å². The monoisotopic (exact) mass is 392 g/mol. The molecule has 4 heteroatoms. The van der Waals surface area contributed by atoms with E-state index in [1.165, 1.54) is 42.9 Å². The summed E-state index contributed by atoms with van der Waals surface area (Å²) < 4.78 is 16.6. The number of benzene rings is 2. The van der Waals surface area contributed by atoms with Gasteiger partial charge in [-0.1, -0.05) is 24.8 Å². The van der Waals surface area contributed by atoms with Gasteiger partial charge in [-0.05, 0) is 84.9 Å². The highest BCUT2D eigenvalue weighted by molar-refractivity contribution is 5.85. The number of hydrogen-bond donors (Lipinski definition) is 0. The number of carbonyl (C=O) groups excluding carboxylic acids is 1. The standard InChI is InChI=1S/C25H28O4/c1-5-28-24(25(26)27-4)22-15(2)8-11-20(17-9-10-17)23(22)19-12-13-21-18(16(19)3)7-6-14-29-21/h5,8,11-13,17,24H,1,6-7,9-10,14H2,2-4H3/t24-/m0/s1. The Morgan fingerprint density at radius 1 is 1.24 bits per heavy atom. The first-order chi connectivity index (χ1) is 14.1. The van der Waals surface area contributed by atoms with Crippen molar-refractivity contribution in [3.8, 4) is 16.9 Å². The van der Waals surface area contributed by atoms with E-state index < -0.39 is 12.1 Å². The Labute approximate surface area is 172 Å². The minimum Gasteiger partial charge on any atom is -0.493 e. The van der Waals surface area contributed by atoms with Gasteiger partial charge in [0.1, 0.15) is 5.75 Å². The van der Waals surface area contributed by atoms with Gasteiger partial charge in [0.25, 0.3) is 0 Å². The molecule has 0 aromatic heterocycles. The first-order valence-electron chi connectivity index (χ1n) is 10.3. The number of fused-ring (bicyclic) bond motifs is 1. The summed E-state index contributed by atoms with van der Waals surface area (Å²) in [5.41, 5.74) is 7.91. The van der Waals surface area contributed by atoms with Crippen molar-refractivity contribution >= 4 is 5.97 Å². The summed E-state index contributed by atoms with van der Waals surface area (Å²) in [5, 5.41) is 0. The molecule has 1 aliphatic carbocycles. The number of carbonyl (C=O) groups is 1. The highest BCUT2D eigenvalue weighted by atomic mass is 16.6. The molecule has 1 fully saturated rings. The molecule has 29 heavy (non-hydrogen) atoms. The lowest BCUT2D eigenvalue weighted by Crippen LogP contribution is -2.19. The number of methoxy groups -OCH3 is 1. The number of rotatable bonds is 6. The molecule has 1 heterocycles. The molecular formula is C25H28O4. The molecule has 2 aromatic rings. The van der Waals surface area contributed by atoms with Gasteiger partial charge < -0.3 is 14.2 Å². The first kappa shape index (κ1) is 19.6.